The summed E-state index contributed by atoms with van der Waals surface area (Å²) in [6.45, 7) is 4.21. The van der Waals surface area contributed by atoms with Crippen LogP contribution in [0.2, 0.25) is 5.02 Å². The molecule has 0 bridgehead atoms. The average molecular weight is 543 g/mol. The number of anilines is 2. The van der Waals surface area contributed by atoms with Crippen molar-refractivity contribution in [1.82, 2.24) is 9.78 Å². The molecular weight excluding hydrogens is 516 g/mol. The van der Waals surface area contributed by atoms with E-state index in [4.69, 9.17) is 26.7 Å². The van der Waals surface area contributed by atoms with Gasteiger partial charge in [-0.25, -0.2) is 14.7 Å². The van der Waals surface area contributed by atoms with E-state index in [2.05, 4.69) is 60.5 Å². The number of para-hydroxylation sites is 3. The van der Waals surface area contributed by atoms with Gasteiger partial charge in [0.2, 0.25) is 0 Å². The second kappa shape index (κ2) is 9.81. The SMILES string of the molecule is CCc1ccc(NC2=Nc3ccccc3N3C2=Nc2c(c(C)nn2-c2ccccc2)[C@H]3c2cccc(Cl)c2)cc1. The third kappa shape index (κ3) is 4.08. The first-order valence-electron chi connectivity index (χ1n) is 13.4. The van der Waals surface area contributed by atoms with Gasteiger partial charge in [-0.3, -0.25) is 0 Å². The lowest BCUT2D eigenvalue weighted by molar-refractivity contribution is 0.815. The van der Waals surface area contributed by atoms with E-state index in [1.165, 1.54) is 5.56 Å². The van der Waals surface area contributed by atoms with Crippen LogP contribution in [-0.4, -0.2) is 21.5 Å². The van der Waals surface area contributed by atoms with Gasteiger partial charge in [0, 0.05) is 16.3 Å². The second-order valence-corrected chi connectivity index (χ2v) is 10.4. The van der Waals surface area contributed by atoms with Gasteiger partial charge in [-0.05, 0) is 73.0 Å². The molecule has 2 aliphatic rings. The lowest BCUT2D eigenvalue weighted by atomic mass is 9.93. The number of aryl methyl sites for hydroxylation is 2. The van der Waals surface area contributed by atoms with Crippen LogP contribution < -0.4 is 10.2 Å². The van der Waals surface area contributed by atoms with Crippen LogP contribution in [0.3, 0.4) is 0 Å². The highest BCUT2D eigenvalue weighted by Crippen LogP contribution is 2.48. The van der Waals surface area contributed by atoms with Crippen molar-refractivity contribution in [2.24, 2.45) is 9.98 Å². The number of aliphatic imine (C=N–C) groups is 2. The van der Waals surface area contributed by atoms with E-state index < -0.39 is 0 Å². The van der Waals surface area contributed by atoms with Gasteiger partial charge in [0.25, 0.3) is 0 Å². The van der Waals surface area contributed by atoms with Crippen LogP contribution in [0, 0.1) is 6.92 Å². The van der Waals surface area contributed by atoms with Crippen LogP contribution in [0.25, 0.3) is 5.69 Å². The third-order valence-corrected chi connectivity index (χ3v) is 7.66. The molecule has 0 unspecified atom stereocenters. The molecule has 0 aliphatic carbocycles. The summed E-state index contributed by atoms with van der Waals surface area (Å²) in [5.74, 6) is 2.20. The van der Waals surface area contributed by atoms with Crippen LogP contribution in [0.4, 0.5) is 22.9 Å². The number of benzene rings is 4. The summed E-state index contributed by atoms with van der Waals surface area (Å²) in [7, 11) is 0. The standard InChI is InChI=1S/C33H27ClN6/c1-3-22-16-18-25(19-17-22)35-31-33-37-32-29(21(2)38-40(32)26-12-5-4-6-13-26)30(23-10-9-11-24(34)20-23)39(33)28-15-8-7-14-27(28)36-31/h4-20,30H,3H2,1-2H3,(H,35,36)/t30-/m1/s1. The Kier molecular flexibility index (Phi) is 5.98. The smallest absolute Gasteiger partial charge is 0.179 e. The summed E-state index contributed by atoms with van der Waals surface area (Å²) in [5.41, 5.74) is 8.05. The van der Waals surface area contributed by atoms with Gasteiger partial charge in [-0.15, -0.1) is 0 Å². The van der Waals surface area contributed by atoms with Gasteiger partial charge in [-0.1, -0.05) is 73.1 Å². The van der Waals surface area contributed by atoms with E-state index in [1.54, 1.807) is 0 Å². The lowest BCUT2D eigenvalue weighted by Gasteiger charge is -2.40. The van der Waals surface area contributed by atoms with Crippen molar-refractivity contribution < 1.29 is 0 Å². The number of amidine groups is 2. The molecule has 1 N–H and O–H groups in total. The number of nitrogens with one attached hydrogen (secondary N) is 1. The van der Waals surface area contributed by atoms with Crippen LogP contribution >= 0.6 is 11.6 Å². The Labute approximate surface area is 238 Å². The van der Waals surface area contributed by atoms with Crippen molar-refractivity contribution in [3.05, 3.63) is 131 Å². The number of nitrogens with zero attached hydrogens (tertiary/aromatic N) is 5. The third-order valence-electron chi connectivity index (χ3n) is 7.43. The molecule has 0 saturated heterocycles. The molecule has 7 rings (SSSR count). The summed E-state index contributed by atoms with van der Waals surface area (Å²) >= 11 is 6.56. The molecular formula is C33H27ClN6. The molecule has 0 fully saturated rings. The van der Waals surface area contributed by atoms with Crippen molar-refractivity contribution in [1.29, 1.82) is 0 Å². The molecule has 6 nitrogen and oxygen atoms in total. The van der Waals surface area contributed by atoms with Crippen LogP contribution in [0.1, 0.15) is 35.3 Å². The molecule has 3 heterocycles. The maximum absolute atomic E-state index is 6.56. The van der Waals surface area contributed by atoms with Crippen molar-refractivity contribution >= 4 is 46.2 Å². The molecule has 5 aromatic rings. The highest BCUT2D eigenvalue weighted by molar-refractivity contribution is 6.51. The largest absolute Gasteiger partial charge is 0.337 e. The molecule has 4 aromatic carbocycles. The zero-order chi connectivity index (χ0) is 27.2. The number of hydrogen-bond acceptors (Lipinski definition) is 5. The van der Waals surface area contributed by atoms with Gasteiger partial charge in [0.15, 0.2) is 17.5 Å². The summed E-state index contributed by atoms with van der Waals surface area (Å²) < 4.78 is 1.93. The maximum atomic E-state index is 6.56. The molecule has 0 radical (unpaired) electrons. The molecule has 2 aliphatic heterocycles. The van der Waals surface area contributed by atoms with Gasteiger partial charge in [0.05, 0.1) is 28.8 Å². The van der Waals surface area contributed by atoms with E-state index >= 15 is 0 Å². The average Bonchev–Trinajstić information content (AvgIpc) is 3.33. The fraction of sp³-hybridized carbons (Fsp3) is 0.121. The lowest BCUT2D eigenvalue weighted by Crippen LogP contribution is -2.46. The maximum Gasteiger partial charge on any atom is 0.179 e. The molecule has 7 heteroatoms. The van der Waals surface area contributed by atoms with Crippen molar-refractivity contribution in [3.63, 3.8) is 0 Å². The molecule has 0 spiro atoms. The first-order valence-corrected chi connectivity index (χ1v) is 13.8. The van der Waals surface area contributed by atoms with E-state index in [0.717, 1.165) is 57.6 Å². The van der Waals surface area contributed by atoms with Gasteiger partial charge < -0.3 is 10.2 Å². The fourth-order valence-corrected chi connectivity index (χ4v) is 5.70. The van der Waals surface area contributed by atoms with Crippen molar-refractivity contribution in [3.8, 4) is 5.69 Å². The number of halogens is 1. The van der Waals surface area contributed by atoms with Gasteiger partial charge in [-0.2, -0.15) is 5.10 Å². The Balaban J connectivity index is 1.48. The predicted octanol–water partition coefficient (Wildman–Crippen LogP) is 8.19. The normalized spacial score (nSPS) is 15.5. The zero-order valence-corrected chi connectivity index (χ0v) is 23.0. The second-order valence-electron chi connectivity index (χ2n) is 9.96. The van der Waals surface area contributed by atoms with Crippen molar-refractivity contribution in [2.75, 3.05) is 10.2 Å². The Bertz CT molecular complexity index is 1790. The molecule has 196 valence electrons. The highest BCUT2D eigenvalue weighted by Gasteiger charge is 2.41. The minimum atomic E-state index is -0.213. The fourth-order valence-electron chi connectivity index (χ4n) is 5.50. The first kappa shape index (κ1) is 24.4. The van der Waals surface area contributed by atoms with E-state index in [-0.39, 0.29) is 6.04 Å². The predicted molar refractivity (Wildman–Crippen MR) is 164 cm³/mol. The monoisotopic (exact) mass is 542 g/mol. The van der Waals surface area contributed by atoms with Gasteiger partial charge >= 0.3 is 0 Å². The Morgan fingerprint density at radius 3 is 2.40 bits per heavy atom. The van der Waals surface area contributed by atoms with Crippen LogP contribution in [0.5, 0.6) is 0 Å². The summed E-state index contributed by atoms with van der Waals surface area (Å²) in [4.78, 5) is 12.6. The topological polar surface area (TPSA) is 57.8 Å². The summed E-state index contributed by atoms with van der Waals surface area (Å²) in [6, 6.07) is 34.6. The molecule has 0 amide bonds. The number of rotatable bonds is 4. The van der Waals surface area contributed by atoms with Gasteiger partial charge in [0.1, 0.15) is 0 Å². The molecule has 0 saturated carbocycles. The minimum Gasteiger partial charge on any atom is -0.337 e. The zero-order valence-electron chi connectivity index (χ0n) is 22.2. The van der Waals surface area contributed by atoms with Crippen LogP contribution in [-0.2, 0) is 6.42 Å². The number of aromatic nitrogens is 2. The Hall–Kier alpha value is -4.68. The number of hydrogen-bond donors (Lipinski definition) is 1. The highest BCUT2D eigenvalue weighted by atomic mass is 35.5. The summed E-state index contributed by atoms with van der Waals surface area (Å²) in [5, 5.41) is 9.25. The Morgan fingerprint density at radius 2 is 1.62 bits per heavy atom. The van der Waals surface area contributed by atoms with E-state index in [1.807, 2.05) is 71.4 Å². The quantitative estimate of drug-likeness (QED) is 0.249. The Morgan fingerprint density at radius 1 is 0.850 bits per heavy atom. The van der Waals surface area contributed by atoms with Crippen molar-refractivity contribution in [2.45, 2.75) is 26.3 Å². The van der Waals surface area contributed by atoms with Crippen LogP contribution in [0.15, 0.2) is 113 Å². The van der Waals surface area contributed by atoms with E-state index in [9.17, 15) is 0 Å². The molecule has 40 heavy (non-hydrogen) atoms. The number of fused-ring (bicyclic) bond motifs is 4. The minimum absolute atomic E-state index is 0.213. The first-order chi connectivity index (χ1) is 19.6. The van der Waals surface area contributed by atoms with E-state index in [0.29, 0.717) is 10.9 Å². The molecule has 1 aromatic heterocycles. The summed E-state index contributed by atoms with van der Waals surface area (Å²) in [6.07, 6.45) is 0.988. The molecule has 1 atom stereocenters.